The molecule has 1 fully saturated rings. The van der Waals surface area contributed by atoms with Crippen LogP contribution in [0.15, 0.2) is 23.1 Å². The van der Waals surface area contributed by atoms with Gasteiger partial charge in [0.25, 0.3) is 5.91 Å². The van der Waals surface area contributed by atoms with E-state index in [0.717, 1.165) is 38.2 Å². The van der Waals surface area contributed by atoms with Crippen LogP contribution in [0.1, 0.15) is 63.2 Å². The monoisotopic (exact) mass is 504 g/mol. The number of pyridine rings is 1. The zero-order valence-corrected chi connectivity index (χ0v) is 20.8. The highest BCUT2D eigenvalue weighted by Crippen LogP contribution is 2.26. The summed E-state index contributed by atoms with van der Waals surface area (Å²) >= 11 is 0. The third-order valence-corrected chi connectivity index (χ3v) is 5.80. The van der Waals surface area contributed by atoms with Crippen molar-refractivity contribution in [3.05, 3.63) is 39.9 Å². The fourth-order valence-electron chi connectivity index (χ4n) is 4.18. The Morgan fingerprint density at radius 2 is 1.83 bits per heavy atom. The number of ether oxygens (including phenoxy) is 1. The molecule has 2 aromatic rings. The Balaban J connectivity index is 1.96. The van der Waals surface area contributed by atoms with Gasteiger partial charge in [-0.2, -0.15) is 0 Å². The summed E-state index contributed by atoms with van der Waals surface area (Å²) in [6.07, 6.45) is 5.78. The smallest absolute Gasteiger partial charge is 0.407 e. The molecule has 10 nitrogen and oxygen atoms in total. The number of hydrogen-bond acceptors (Lipinski definition) is 6. The number of anilines is 1. The molecule has 0 aliphatic heterocycles. The van der Waals surface area contributed by atoms with E-state index in [2.05, 4.69) is 16.0 Å². The van der Waals surface area contributed by atoms with Crippen LogP contribution in [0.3, 0.4) is 0 Å². The molecule has 1 aromatic carbocycles. The Hall–Kier alpha value is -3.63. The van der Waals surface area contributed by atoms with E-state index in [9.17, 15) is 19.2 Å². The first-order chi connectivity index (χ1) is 16.9. The molecule has 0 bridgehead atoms. The maximum atomic E-state index is 15.0. The summed E-state index contributed by atoms with van der Waals surface area (Å²) in [5.74, 6) is -2.77. The Kier molecular flexibility index (Phi) is 8.54. The third-order valence-electron chi connectivity index (χ3n) is 5.80. The summed E-state index contributed by atoms with van der Waals surface area (Å²) in [5.41, 5.74) is -1.09. The molecule has 1 aliphatic carbocycles. The molecule has 1 aromatic heterocycles. The number of hydrogen-bond donors (Lipinski definition) is 4. The molecule has 0 saturated heterocycles. The minimum absolute atomic E-state index is 0.0260. The van der Waals surface area contributed by atoms with Gasteiger partial charge in [-0.15, -0.1) is 0 Å². The number of carbonyl (C=O) groups is 3. The van der Waals surface area contributed by atoms with E-state index in [1.807, 2.05) is 0 Å². The number of aliphatic carboxylic acids is 1. The zero-order valence-electron chi connectivity index (χ0n) is 20.8. The Morgan fingerprint density at radius 3 is 2.47 bits per heavy atom. The van der Waals surface area contributed by atoms with Gasteiger partial charge in [-0.05, 0) is 45.7 Å². The lowest BCUT2D eigenvalue weighted by atomic mass is 9.95. The van der Waals surface area contributed by atoms with Crippen LogP contribution in [0, 0.1) is 5.82 Å². The fraction of sp³-hybridized carbons (Fsp3) is 0.520. The van der Waals surface area contributed by atoms with Gasteiger partial charge in [0.05, 0.1) is 11.2 Å². The highest BCUT2D eigenvalue weighted by Gasteiger charge is 2.21. The summed E-state index contributed by atoms with van der Waals surface area (Å²) in [7, 11) is 0. The predicted molar refractivity (Wildman–Crippen MR) is 133 cm³/mol. The minimum atomic E-state index is -1.27. The number of halogens is 1. The van der Waals surface area contributed by atoms with E-state index in [1.54, 1.807) is 25.3 Å². The number of amides is 2. The summed E-state index contributed by atoms with van der Waals surface area (Å²) in [6.45, 7) is 4.78. The molecule has 0 atom stereocenters. The third kappa shape index (κ3) is 7.19. The van der Waals surface area contributed by atoms with Crippen LogP contribution in [0.25, 0.3) is 10.9 Å². The minimum Gasteiger partial charge on any atom is -0.480 e. The predicted octanol–water partition coefficient (Wildman–Crippen LogP) is 3.22. The van der Waals surface area contributed by atoms with Crippen LogP contribution in [0.2, 0.25) is 0 Å². The molecular weight excluding hydrogens is 471 g/mol. The average Bonchev–Trinajstić information content (AvgIpc) is 2.79. The molecule has 36 heavy (non-hydrogen) atoms. The largest absolute Gasteiger partial charge is 0.480 e. The maximum Gasteiger partial charge on any atom is 0.407 e. The molecule has 0 unspecified atom stereocenters. The number of carboxylic acid groups (broad SMARTS) is 1. The van der Waals surface area contributed by atoms with Crippen molar-refractivity contribution in [2.24, 2.45) is 0 Å². The SMILES string of the molecule is CC(C)(C)OC(=O)NCCn1cc(C(=O)NCC(=O)O)c(=O)c2cc(F)c(NC3CCCCC3)cc21. The molecule has 1 aliphatic rings. The standard InChI is InChI=1S/C25H33FN4O6/c1-25(2,3)36-24(35)27-9-10-30-14-17(23(34)28-13-21(31)32)22(33)16-11-18(26)19(12-20(16)30)29-15-7-5-4-6-8-15/h11-12,14-15,29H,4-10,13H2,1-3H3,(H,27,35)(H,28,34)(H,31,32). The molecule has 11 heteroatoms. The summed E-state index contributed by atoms with van der Waals surface area (Å²) in [6, 6.07) is 2.75. The van der Waals surface area contributed by atoms with Gasteiger partial charge in [-0.3, -0.25) is 14.4 Å². The normalized spacial score (nSPS) is 14.3. The molecule has 1 heterocycles. The fourth-order valence-corrected chi connectivity index (χ4v) is 4.18. The van der Waals surface area contributed by atoms with Crippen LogP contribution >= 0.6 is 0 Å². The molecule has 1 saturated carbocycles. The lowest BCUT2D eigenvalue weighted by Crippen LogP contribution is -2.35. The van der Waals surface area contributed by atoms with Crippen molar-refractivity contribution in [3.63, 3.8) is 0 Å². The van der Waals surface area contributed by atoms with Gasteiger partial charge in [-0.25, -0.2) is 9.18 Å². The van der Waals surface area contributed by atoms with Crippen molar-refractivity contribution in [2.45, 2.75) is 71.1 Å². The first-order valence-corrected chi connectivity index (χ1v) is 12.0. The second-order valence-corrected chi connectivity index (χ2v) is 9.90. The van der Waals surface area contributed by atoms with Gasteiger partial charge >= 0.3 is 12.1 Å². The average molecular weight is 505 g/mol. The van der Waals surface area contributed by atoms with Crippen molar-refractivity contribution in [1.82, 2.24) is 15.2 Å². The van der Waals surface area contributed by atoms with Crippen molar-refractivity contribution in [3.8, 4) is 0 Å². The van der Waals surface area contributed by atoms with Crippen LogP contribution in [0.5, 0.6) is 0 Å². The lowest BCUT2D eigenvalue weighted by Gasteiger charge is -2.24. The first kappa shape index (κ1) is 27.0. The molecule has 0 spiro atoms. The molecule has 4 N–H and O–H groups in total. The second-order valence-electron chi connectivity index (χ2n) is 9.90. The Bertz CT molecular complexity index is 1200. The Labute approximate surface area is 208 Å². The van der Waals surface area contributed by atoms with Gasteiger partial charge < -0.3 is 30.4 Å². The topological polar surface area (TPSA) is 139 Å². The van der Waals surface area contributed by atoms with E-state index in [4.69, 9.17) is 9.84 Å². The van der Waals surface area contributed by atoms with E-state index in [0.29, 0.717) is 5.52 Å². The molecule has 196 valence electrons. The van der Waals surface area contributed by atoms with Crippen molar-refractivity contribution >= 4 is 34.6 Å². The van der Waals surface area contributed by atoms with Crippen molar-refractivity contribution < 1.29 is 28.6 Å². The zero-order chi connectivity index (χ0) is 26.5. The molecule has 2 amide bonds. The number of fused-ring (bicyclic) bond motifs is 1. The number of rotatable bonds is 8. The van der Waals surface area contributed by atoms with Gasteiger partial charge in [0.2, 0.25) is 5.43 Å². The maximum absolute atomic E-state index is 15.0. The van der Waals surface area contributed by atoms with E-state index >= 15 is 4.39 Å². The summed E-state index contributed by atoms with van der Waals surface area (Å²) in [5, 5.41) is 16.8. The molecule has 0 radical (unpaired) electrons. The Morgan fingerprint density at radius 1 is 1.14 bits per heavy atom. The highest BCUT2D eigenvalue weighted by molar-refractivity contribution is 5.98. The quantitative estimate of drug-likeness (QED) is 0.433. The number of carbonyl (C=O) groups excluding carboxylic acids is 2. The van der Waals surface area contributed by atoms with Crippen LogP contribution < -0.4 is 21.4 Å². The molecular formula is C25H33FN4O6. The van der Waals surface area contributed by atoms with E-state index < -0.39 is 41.4 Å². The highest BCUT2D eigenvalue weighted by atomic mass is 19.1. The summed E-state index contributed by atoms with van der Waals surface area (Å²) < 4.78 is 21.8. The first-order valence-electron chi connectivity index (χ1n) is 12.0. The van der Waals surface area contributed by atoms with E-state index in [1.165, 1.54) is 12.3 Å². The van der Waals surface area contributed by atoms with Crippen LogP contribution in [-0.4, -0.2) is 52.4 Å². The number of nitrogens with one attached hydrogen (secondary N) is 3. The number of nitrogens with zero attached hydrogens (tertiary/aromatic N) is 1. The molecule has 3 rings (SSSR count). The van der Waals surface area contributed by atoms with Crippen LogP contribution in [0.4, 0.5) is 14.9 Å². The van der Waals surface area contributed by atoms with E-state index in [-0.39, 0.29) is 35.8 Å². The number of carboxylic acids is 1. The number of benzene rings is 1. The summed E-state index contributed by atoms with van der Waals surface area (Å²) in [4.78, 5) is 48.5. The number of aromatic nitrogens is 1. The second kappa shape index (κ2) is 11.4. The van der Waals surface area contributed by atoms with Gasteiger partial charge in [-0.1, -0.05) is 19.3 Å². The van der Waals surface area contributed by atoms with Crippen LogP contribution in [-0.2, 0) is 16.1 Å². The van der Waals surface area contributed by atoms with Gasteiger partial charge in [0.15, 0.2) is 0 Å². The van der Waals surface area contributed by atoms with Gasteiger partial charge in [0, 0.05) is 30.7 Å². The van der Waals surface area contributed by atoms with Crippen molar-refractivity contribution in [1.29, 1.82) is 0 Å². The lowest BCUT2D eigenvalue weighted by molar-refractivity contribution is -0.135. The van der Waals surface area contributed by atoms with Gasteiger partial charge in [0.1, 0.15) is 23.5 Å². The van der Waals surface area contributed by atoms with Crippen molar-refractivity contribution in [2.75, 3.05) is 18.4 Å². The number of alkyl carbamates (subject to hydrolysis) is 1.